The highest BCUT2D eigenvalue weighted by molar-refractivity contribution is 5.76. The van der Waals surface area contributed by atoms with Gasteiger partial charge in [0.25, 0.3) is 5.56 Å². The predicted octanol–water partition coefficient (Wildman–Crippen LogP) is 2.39. The zero-order chi connectivity index (χ0) is 19.4. The maximum atomic E-state index is 12.7. The van der Waals surface area contributed by atoms with E-state index < -0.39 is 5.60 Å². The molecule has 3 rings (SSSR count). The summed E-state index contributed by atoms with van der Waals surface area (Å²) in [7, 11) is 0. The lowest BCUT2D eigenvalue weighted by molar-refractivity contribution is -0.139. The number of pyridine rings is 1. The fraction of sp³-hybridized carbons (Fsp3) is 0.455. The van der Waals surface area contributed by atoms with Crippen LogP contribution >= 0.6 is 0 Å². The van der Waals surface area contributed by atoms with E-state index in [1.54, 1.807) is 10.6 Å². The summed E-state index contributed by atoms with van der Waals surface area (Å²) in [4.78, 5) is 26.5. The van der Waals surface area contributed by atoms with E-state index >= 15 is 0 Å². The van der Waals surface area contributed by atoms with Crippen LogP contribution < -0.4 is 5.56 Å². The smallest absolute Gasteiger partial charge is 0.250 e. The summed E-state index contributed by atoms with van der Waals surface area (Å²) in [6.07, 6.45) is 1.61. The third kappa shape index (κ3) is 4.66. The Morgan fingerprint density at radius 2 is 1.93 bits per heavy atom. The molecular weight excluding hydrogens is 340 g/mol. The van der Waals surface area contributed by atoms with Gasteiger partial charge in [0.2, 0.25) is 5.91 Å². The van der Waals surface area contributed by atoms with Crippen LogP contribution in [0.1, 0.15) is 31.0 Å². The van der Waals surface area contributed by atoms with Gasteiger partial charge in [-0.1, -0.05) is 36.4 Å². The number of amides is 1. The van der Waals surface area contributed by atoms with E-state index in [1.807, 2.05) is 43.0 Å². The van der Waals surface area contributed by atoms with E-state index in [4.69, 9.17) is 0 Å². The number of carbonyl (C=O) groups excluding carboxylic acids is 1. The maximum absolute atomic E-state index is 12.7. The van der Waals surface area contributed by atoms with Crippen LogP contribution in [0.3, 0.4) is 0 Å². The molecule has 27 heavy (non-hydrogen) atoms. The summed E-state index contributed by atoms with van der Waals surface area (Å²) in [6.45, 7) is 5.24. The first-order chi connectivity index (χ1) is 12.9. The molecule has 5 nitrogen and oxygen atoms in total. The summed E-state index contributed by atoms with van der Waals surface area (Å²) >= 11 is 0. The van der Waals surface area contributed by atoms with Gasteiger partial charge in [0.15, 0.2) is 0 Å². The summed E-state index contributed by atoms with van der Waals surface area (Å²) in [5, 5.41) is 10.8. The first-order valence-corrected chi connectivity index (χ1v) is 9.57. The number of hydrogen-bond acceptors (Lipinski definition) is 3. The summed E-state index contributed by atoms with van der Waals surface area (Å²) in [5.74, 6) is 0.0394. The number of rotatable bonds is 5. The number of piperidine rings is 1. The SMILES string of the molecule is Cc1cccc(=O)n1CCC(=O)N1CC[C@@](C)(O)[C@@H](Cc2ccccc2)C1. The van der Waals surface area contributed by atoms with Gasteiger partial charge >= 0.3 is 0 Å². The number of aryl methyl sites for hydroxylation is 1. The fourth-order valence-electron chi connectivity index (χ4n) is 3.80. The lowest BCUT2D eigenvalue weighted by atomic mass is 9.79. The average molecular weight is 368 g/mol. The highest BCUT2D eigenvalue weighted by Crippen LogP contribution is 2.30. The van der Waals surface area contributed by atoms with Crippen molar-refractivity contribution in [2.75, 3.05) is 13.1 Å². The lowest BCUT2D eigenvalue weighted by Crippen LogP contribution is -2.52. The Kier molecular flexibility index (Phi) is 5.80. The molecule has 0 radical (unpaired) electrons. The van der Waals surface area contributed by atoms with Crippen molar-refractivity contribution in [2.24, 2.45) is 5.92 Å². The number of aliphatic hydroxyl groups is 1. The molecule has 0 aliphatic carbocycles. The molecule has 1 saturated heterocycles. The molecule has 0 unspecified atom stereocenters. The maximum Gasteiger partial charge on any atom is 0.250 e. The van der Waals surface area contributed by atoms with Crippen molar-refractivity contribution in [2.45, 2.75) is 45.3 Å². The molecule has 144 valence electrons. The van der Waals surface area contributed by atoms with Gasteiger partial charge in [-0.15, -0.1) is 0 Å². The molecule has 2 atom stereocenters. The minimum atomic E-state index is -0.778. The number of hydrogen-bond donors (Lipinski definition) is 1. The monoisotopic (exact) mass is 368 g/mol. The molecule has 1 aromatic carbocycles. The van der Waals surface area contributed by atoms with Gasteiger partial charge in [-0.3, -0.25) is 9.59 Å². The Morgan fingerprint density at radius 3 is 2.63 bits per heavy atom. The number of nitrogens with zero attached hydrogens (tertiary/aromatic N) is 2. The van der Waals surface area contributed by atoms with Gasteiger partial charge in [-0.25, -0.2) is 0 Å². The minimum absolute atomic E-state index is 0.00113. The molecule has 1 N–H and O–H groups in total. The lowest BCUT2D eigenvalue weighted by Gasteiger charge is -2.43. The molecular formula is C22H28N2O3. The van der Waals surface area contributed by atoms with E-state index in [9.17, 15) is 14.7 Å². The average Bonchev–Trinajstić information content (AvgIpc) is 2.63. The molecule has 1 aliphatic rings. The fourth-order valence-corrected chi connectivity index (χ4v) is 3.80. The first kappa shape index (κ1) is 19.4. The Hall–Kier alpha value is -2.40. The van der Waals surface area contributed by atoms with E-state index in [0.29, 0.717) is 32.5 Å². The van der Waals surface area contributed by atoms with E-state index in [1.165, 1.54) is 11.6 Å². The highest BCUT2D eigenvalue weighted by atomic mass is 16.3. The predicted molar refractivity (Wildman–Crippen MR) is 106 cm³/mol. The van der Waals surface area contributed by atoms with Crippen LogP contribution in [-0.2, 0) is 17.8 Å². The zero-order valence-corrected chi connectivity index (χ0v) is 16.1. The van der Waals surface area contributed by atoms with E-state index in [2.05, 4.69) is 12.1 Å². The van der Waals surface area contributed by atoms with Gasteiger partial charge < -0.3 is 14.6 Å². The van der Waals surface area contributed by atoms with Crippen molar-refractivity contribution >= 4 is 5.91 Å². The van der Waals surface area contributed by atoms with Crippen LogP contribution in [0, 0.1) is 12.8 Å². The number of carbonyl (C=O) groups is 1. The minimum Gasteiger partial charge on any atom is -0.390 e. The van der Waals surface area contributed by atoms with Crippen molar-refractivity contribution in [3.63, 3.8) is 0 Å². The van der Waals surface area contributed by atoms with Crippen molar-refractivity contribution < 1.29 is 9.90 Å². The highest BCUT2D eigenvalue weighted by Gasteiger charge is 2.38. The van der Waals surface area contributed by atoms with Crippen molar-refractivity contribution in [1.29, 1.82) is 0 Å². The summed E-state index contributed by atoms with van der Waals surface area (Å²) in [5.41, 5.74) is 1.17. The quantitative estimate of drug-likeness (QED) is 0.881. The standard InChI is InChI=1S/C22H28N2O3/c1-17-7-6-10-21(26)24(17)13-11-20(25)23-14-12-22(2,27)19(16-23)15-18-8-4-3-5-9-18/h3-10,19,27H,11-16H2,1-2H3/t19-,22+/m0/s1. The Morgan fingerprint density at radius 1 is 1.19 bits per heavy atom. The van der Waals surface area contributed by atoms with Crippen LogP contribution in [0.2, 0.25) is 0 Å². The van der Waals surface area contributed by atoms with Gasteiger partial charge in [0.05, 0.1) is 5.60 Å². The summed E-state index contributed by atoms with van der Waals surface area (Å²) in [6, 6.07) is 15.2. The van der Waals surface area contributed by atoms with Crippen LogP contribution in [-0.4, -0.2) is 39.2 Å². The molecule has 1 fully saturated rings. The van der Waals surface area contributed by atoms with Gasteiger partial charge in [-0.2, -0.15) is 0 Å². The second kappa shape index (κ2) is 8.09. The second-order valence-corrected chi connectivity index (χ2v) is 7.74. The van der Waals surface area contributed by atoms with Crippen molar-refractivity contribution in [3.8, 4) is 0 Å². The van der Waals surface area contributed by atoms with Crippen molar-refractivity contribution in [3.05, 3.63) is 70.1 Å². The second-order valence-electron chi connectivity index (χ2n) is 7.74. The number of aromatic nitrogens is 1. The van der Waals surface area contributed by atoms with Crippen molar-refractivity contribution in [1.82, 2.24) is 9.47 Å². The molecule has 2 aromatic rings. The molecule has 0 spiro atoms. The molecule has 1 aliphatic heterocycles. The molecule has 2 heterocycles. The zero-order valence-electron chi connectivity index (χ0n) is 16.1. The normalized spacial score (nSPS) is 22.6. The summed E-state index contributed by atoms with van der Waals surface area (Å²) < 4.78 is 1.64. The third-order valence-corrected chi connectivity index (χ3v) is 5.70. The van der Waals surface area contributed by atoms with Gasteiger partial charge in [0.1, 0.15) is 0 Å². The van der Waals surface area contributed by atoms with Crippen LogP contribution in [0.5, 0.6) is 0 Å². The van der Waals surface area contributed by atoms with Gasteiger partial charge in [0, 0.05) is 43.7 Å². The molecule has 1 aromatic heterocycles. The molecule has 0 saturated carbocycles. The Balaban J connectivity index is 1.64. The Bertz CT molecular complexity index is 842. The topological polar surface area (TPSA) is 62.5 Å². The molecule has 5 heteroatoms. The van der Waals surface area contributed by atoms with Crippen LogP contribution in [0.15, 0.2) is 53.3 Å². The third-order valence-electron chi connectivity index (χ3n) is 5.70. The van der Waals surface area contributed by atoms with Gasteiger partial charge in [-0.05, 0) is 38.3 Å². The molecule has 1 amide bonds. The molecule has 0 bridgehead atoms. The van der Waals surface area contributed by atoms with Crippen LogP contribution in [0.25, 0.3) is 0 Å². The number of benzene rings is 1. The Labute approximate surface area is 160 Å². The van der Waals surface area contributed by atoms with Crippen LogP contribution in [0.4, 0.5) is 0 Å². The van der Waals surface area contributed by atoms with E-state index in [-0.39, 0.29) is 17.4 Å². The van der Waals surface area contributed by atoms with E-state index in [0.717, 1.165) is 12.1 Å². The number of likely N-dealkylation sites (tertiary alicyclic amines) is 1. The largest absolute Gasteiger partial charge is 0.390 e. The first-order valence-electron chi connectivity index (χ1n) is 9.57.